The van der Waals surface area contributed by atoms with E-state index in [1.54, 1.807) is 24.1 Å². The highest BCUT2D eigenvalue weighted by Crippen LogP contribution is 2.34. The second-order valence-electron chi connectivity index (χ2n) is 12.9. The number of aliphatic hydroxyl groups excluding tert-OH is 6. The monoisotopic (exact) mass is 778 g/mol. The fraction of sp³-hybridized carbons (Fsp3) is 0.531. The fourth-order valence-electron chi connectivity index (χ4n) is 5.94. The van der Waals surface area contributed by atoms with Gasteiger partial charge in [0, 0.05) is 24.7 Å². The predicted octanol–water partition coefficient (Wildman–Crippen LogP) is -4.28. The van der Waals surface area contributed by atoms with Crippen molar-refractivity contribution in [2.75, 3.05) is 42.8 Å². The third-order valence-electron chi connectivity index (χ3n) is 9.02. The largest absolute Gasteiger partial charge is 0.481 e. The van der Waals surface area contributed by atoms with Crippen LogP contribution in [0.2, 0.25) is 0 Å². The maximum Gasteiger partial charge on any atom is 0.326 e. The van der Waals surface area contributed by atoms with E-state index in [0.717, 1.165) is 0 Å². The smallest absolute Gasteiger partial charge is 0.326 e. The van der Waals surface area contributed by atoms with E-state index in [-0.39, 0.29) is 41.5 Å². The second-order valence-corrected chi connectivity index (χ2v) is 12.9. The van der Waals surface area contributed by atoms with Crippen molar-refractivity contribution in [2.24, 2.45) is 0 Å². The van der Waals surface area contributed by atoms with Gasteiger partial charge < -0.3 is 81.4 Å². The number of nitrogens with one attached hydrogen (secondary N) is 2. The standard InChI is InChI=1S/C32H42N8O15/c1-40(15-4-2-13(3-5-15)28(49)37-16(29(50)51)6-7-19(43)44)9-14-8-34-27-20(36-14)26(33)38-31(39-27)35-12-32(52)25(48)24(18(11-42)55-32)54-30-23(47)22(46)21(45)17(10-41)53-30/h2-5,8,16-18,21-25,30,41-42,45-48,52H,6-7,9-12H2,1H3,(H,37,49)(H,43,44)(H,50,51)(H3,33,34,35,38,39)/t16-,17+,18+,21-,22-,23+,24+,25-,30-,32-/m0/s1. The van der Waals surface area contributed by atoms with Crippen molar-refractivity contribution in [1.29, 1.82) is 0 Å². The number of anilines is 3. The van der Waals surface area contributed by atoms with Crippen molar-refractivity contribution >= 4 is 46.5 Å². The number of nitrogen functional groups attached to an aromatic ring is 1. The Morgan fingerprint density at radius 3 is 2.33 bits per heavy atom. The number of carboxylic acid groups (broad SMARTS) is 2. The van der Waals surface area contributed by atoms with Crippen LogP contribution in [-0.4, -0.2) is 171 Å². The zero-order valence-electron chi connectivity index (χ0n) is 29.1. The van der Waals surface area contributed by atoms with Crippen LogP contribution in [0.4, 0.5) is 17.5 Å². The summed E-state index contributed by atoms with van der Waals surface area (Å²) >= 11 is 0. The number of ether oxygens (including phenoxy) is 3. The lowest BCUT2D eigenvalue weighted by Crippen LogP contribution is -2.61. The van der Waals surface area contributed by atoms with Gasteiger partial charge >= 0.3 is 11.9 Å². The molecule has 23 heteroatoms. The van der Waals surface area contributed by atoms with E-state index in [0.29, 0.717) is 11.4 Å². The number of aliphatic carboxylic acids is 2. The van der Waals surface area contributed by atoms with Crippen LogP contribution in [-0.2, 0) is 30.3 Å². The highest BCUT2D eigenvalue weighted by Gasteiger charge is 2.56. The number of hydrogen-bond donors (Lipinski definition) is 12. The van der Waals surface area contributed by atoms with E-state index in [9.17, 15) is 55.2 Å². The second kappa shape index (κ2) is 17.2. The number of carbonyl (C=O) groups excluding carboxylic acids is 1. The molecule has 23 nitrogen and oxygen atoms in total. The van der Waals surface area contributed by atoms with Gasteiger partial charge in [0.2, 0.25) is 11.7 Å². The lowest BCUT2D eigenvalue weighted by Gasteiger charge is -2.41. The van der Waals surface area contributed by atoms with Gasteiger partial charge in [0.05, 0.1) is 38.2 Å². The molecule has 2 aliphatic heterocycles. The summed E-state index contributed by atoms with van der Waals surface area (Å²) in [7, 11) is 1.74. The van der Waals surface area contributed by atoms with Crippen LogP contribution in [0, 0.1) is 0 Å². The van der Waals surface area contributed by atoms with Crippen LogP contribution in [0.3, 0.4) is 0 Å². The van der Waals surface area contributed by atoms with Gasteiger partial charge in [-0.1, -0.05) is 0 Å². The predicted molar refractivity (Wildman–Crippen MR) is 184 cm³/mol. The number of hydrogen-bond acceptors (Lipinski definition) is 20. The van der Waals surface area contributed by atoms with Crippen LogP contribution in [0.15, 0.2) is 30.5 Å². The Balaban J connectivity index is 1.20. The third kappa shape index (κ3) is 9.30. The Hall–Kier alpha value is -4.95. The summed E-state index contributed by atoms with van der Waals surface area (Å²) in [4.78, 5) is 53.8. The molecule has 300 valence electrons. The topological polar surface area (TPSA) is 366 Å². The van der Waals surface area contributed by atoms with Crippen molar-refractivity contribution in [1.82, 2.24) is 25.3 Å². The summed E-state index contributed by atoms with van der Waals surface area (Å²) in [5.74, 6) is -5.89. The van der Waals surface area contributed by atoms with Gasteiger partial charge in [0.25, 0.3) is 5.91 Å². The van der Waals surface area contributed by atoms with E-state index in [2.05, 4.69) is 30.6 Å². The van der Waals surface area contributed by atoms with E-state index in [1.807, 2.05) is 0 Å². The van der Waals surface area contributed by atoms with E-state index in [1.165, 1.54) is 18.3 Å². The highest BCUT2D eigenvalue weighted by molar-refractivity contribution is 5.97. The Kier molecular flexibility index (Phi) is 12.9. The first-order valence-electron chi connectivity index (χ1n) is 16.8. The van der Waals surface area contributed by atoms with Crippen molar-refractivity contribution in [3.05, 3.63) is 41.7 Å². The summed E-state index contributed by atoms with van der Waals surface area (Å²) in [5, 5.41) is 95.0. The molecule has 55 heavy (non-hydrogen) atoms. The Bertz CT molecular complexity index is 1840. The lowest BCUT2D eigenvalue weighted by molar-refractivity contribution is -0.318. The number of benzene rings is 1. The molecule has 2 saturated heterocycles. The number of nitrogens with two attached hydrogens (primary N) is 1. The molecule has 0 saturated carbocycles. The van der Waals surface area contributed by atoms with E-state index in [4.69, 9.17) is 25.1 Å². The third-order valence-corrected chi connectivity index (χ3v) is 9.02. The van der Waals surface area contributed by atoms with Crippen LogP contribution in [0.1, 0.15) is 28.9 Å². The lowest BCUT2D eigenvalue weighted by atomic mass is 9.99. The number of aliphatic hydroxyl groups is 7. The van der Waals surface area contributed by atoms with Gasteiger partial charge in [-0.25, -0.2) is 14.8 Å². The molecule has 1 amide bonds. The zero-order valence-corrected chi connectivity index (χ0v) is 29.1. The van der Waals surface area contributed by atoms with Gasteiger partial charge in [-0.15, -0.1) is 0 Å². The molecule has 13 N–H and O–H groups in total. The molecule has 10 atom stereocenters. The van der Waals surface area contributed by atoms with E-state index < -0.39 is 105 Å². The minimum absolute atomic E-state index is 0.0664. The number of fused-ring (bicyclic) bond motifs is 1. The molecule has 0 unspecified atom stereocenters. The molecule has 2 aliphatic rings. The molecule has 5 rings (SSSR count). The number of carbonyl (C=O) groups is 3. The molecule has 0 aliphatic carbocycles. The molecule has 0 radical (unpaired) electrons. The van der Waals surface area contributed by atoms with Crippen molar-refractivity contribution < 1.29 is 74.6 Å². The van der Waals surface area contributed by atoms with Gasteiger partial charge in [0.1, 0.15) is 48.8 Å². The van der Waals surface area contributed by atoms with Crippen LogP contribution in [0.5, 0.6) is 0 Å². The van der Waals surface area contributed by atoms with Crippen LogP contribution >= 0.6 is 0 Å². The summed E-state index contributed by atoms with van der Waals surface area (Å²) in [6.07, 6.45) is -12.3. The van der Waals surface area contributed by atoms with Gasteiger partial charge in [0.15, 0.2) is 23.3 Å². The molecule has 1 aromatic carbocycles. The Morgan fingerprint density at radius 1 is 1.00 bits per heavy atom. The Labute approximate surface area is 311 Å². The molecule has 2 aromatic heterocycles. The molecule has 2 fully saturated rings. The Morgan fingerprint density at radius 2 is 1.69 bits per heavy atom. The van der Waals surface area contributed by atoms with Gasteiger partial charge in [-0.05, 0) is 30.7 Å². The number of carboxylic acids is 2. The molecule has 0 bridgehead atoms. The molecule has 0 spiro atoms. The summed E-state index contributed by atoms with van der Waals surface area (Å²) in [6, 6.07) is 4.83. The minimum Gasteiger partial charge on any atom is -0.481 e. The first-order valence-corrected chi connectivity index (χ1v) is 16.8. The average Bonchev–Trinajstić information content (AvgIpc) is 3.40. The number of amides is 1. The van der Waals surface area contributed by atoms with E-state index >= 15 is 0 Å². The summed E-state index contributed by atoms with van der Waals surface area (Å²) in [6.45, 7) is -1.86. The van der Waals surface area contributed by atoms with Crippen molar-refractivity contribution in [3.63, 3.8) is 0 Å². The fourth-order valence-corrected chi connectivity index (χ4v) is 5.94. The zero-order chi connectivity index (χ0) is 40.2. The quantitative estimate of drug-likeness (QED) is 0.0654. The molecular weight excluding hydrogens is 736 g/mol. The number of rotatable bonds is 16. The molecular formula is C32H42N8O15. The van der Waals surface area contributed by atoms with Crippen LogP contribution < -0.4 is 21.3 Å². The summed E-state index contributed by atoms with van der Waals surface area (Å²) in [5.41, 5.74) is 7.64. The maximum absolute atomic E-state index is 12.6. The molecule has 4 heterocycles. The first kappa shape index (κ1) is 41.2. The minimum atomic E-state index is -2.43. The molecule has 3 aromatic rings. The SMILES string of the molecule is CN(Cc1cnc2nc(NC[C@]3(O)O[C@H](CO)[C@@H](O[C@@H]4O[C@H](CO)[C@H](O)[C@H](O)[C@H]4O)[C@@H]3O)nc(N)c2n1)c1ccc(C(=O)N[C@@H](CCC(=O)O)C(=O)O)cc1. The number of aromatic nitrogens is 4. The first-order chi connectivity index (χ1) is 26.0. The maximum atomic E-state index is 12.6. The average molecular weight is 779 g/mol. The van der Waals surface area contributed by atoms with Crippen molar-refractivity contribution in [2.45, 2.75) is 80.2 Å². The van der Waals surface area contributed by atoms with Gasteiger partial charge in [-0.3, -0.25) is 9.59 Å². The van der Waals surface area contributed by atoms with Crippen LogP contribution in [0.25, 0.3) is 11.2 Å². The van der Waals surface area contributed by atoms with Crippen molar-refractivity contribution in [3.8, 4) is 0 Å². The normalized spacial score (nSPS) is 28.4. The highest BCUT2D eigenvalue weighted by atomic mass is 16.7. The van der Waals surface area contributed by atoms with Gasteiger partial charge in [-0.2, -0.15) is 9.97 Å². The summed E-state index contributed by atoms with van der Waals surface area (Å²) < 4.78 is 16.4. The number of nitrogens with zero attached hydrogens (tertiary/aromatic N) is 5.